The molecule has 3 aromatic heterocycles. The summed E-state index contributed by atoms with van der Waals surface area (Å²) in [6.07, 6.45) is 7.27. The van der Waals surface area contributed by atoms with Crippen LogP contribution in [0.25, 0.3) is 11.2 Å². The predicted octanol–water partition coefficient (Wildman–Crippen LogP) is 3.60. The summed E-state index contributed by atoms with van der Waals surface area (Å²) >= 11 is 0. The van der Waals surface area contributed by atoms with Crippen molar-refractivity contribution in [3.8, 4) is 0 Å². The van der Waals surface area contributed by atoms with Gasteiger partial charge in [-0.05, 0) is 49.2 Å². The van der Waals surface area contributed by atoms with Crippen LogP contribution in [0, 0.1) is 0 Å². The number of nitrogens with one attached hydrogen (secondary N) is 2. The normalized spacial score (nSPS) is 11.9. The lowest BCUT2D eigenvalue weighted by Gasteiger charge is -2.16. The first-order chi connectivity index (χ1) is 14.6. The number of aromatic nitrogens is 5. The van der Waals surface area contributed by atoms with Crippen LogP contribution in [0.5, 0.6) is 0 Å². The number of anilines is 2. The van der Waals surface area contributed by atoms with E-state index in [1.807, 2.05) is 61.1 Å². The Labute approximate surface area is 174 Å². The maximum absolute atomic E-state index is 12.3. The molecule has 3 heterocycles. The molecule has 0 saturated heterocycles. The fraction of sp³-hybridized carbons (Fsp3) is 0.227. The van der Waals surface area contributed by atoms with Crippen molar-refractivity contribution in [2.24, 2.45) is 0 Å². The summed E-state index contributed by atoms with van der Waals surface area (Å²) in [4.78, 5) is 25.3. The predicted molar refractivity (Wildman–Crippen MR) is 116 cm³/mol. The maximum Gasteiger partial charge on any atom is 0.228 e. The van der Waals surface area contributed by atoms with Crippen molar-refractivity contribution < 1.29 is 4.79 Å². The van der Waals surface area contributed by atoms with E-state index < -0.39 is 0 Å². The SMILES string of the molecule is CCn1cc2ncc(N[C@@H](C)c3cccc(NC(=O)Cc4ccncc4)c3)nc2n1. The first-order valence-electron chi connectivity index (χ1n) is 9.86. The molecule has 0 fully saturated rings. The minimum Gasteiger partial charge on any atom is -0.362 e. The van der Waals surface area contributed by atoms with Gasteiger partial charge in [-0.15, -0.1) is 0 Å². The number of hydrogen-bond donors (Lipinski definition) is 2. The van der Waals surface area contributed by atoms with E-state index in [2.05, 4.69) is 30.7 Å². The van der Waals surface area contributed by atoms with Gasteiger partial charge in [0.25, 0.3) is 0 Å². The molecule has 152 valence electrons. The van der Waals surface area contributed by atoms with Gasteiger partial charge >= 0.3 is 0 Å². The van der Waals surface area contributed by atoms with Gasteiger partial charge in [0.2, 0.25) is 11.6 Å². The molecule has 4 rings (SSSR count). The number of rotatable bonds is 7. The minimum absolute atomic E-state index is 0.0259. The lowest BCUT2D eigenvalue weighted by molar-refractivity contribution is -0.115. The molecule has 0 aliphatic rings. The van der Waals surface area contributed by atoms with Crippen molar-refractivity contribution in [3.05, 3.63) is 72.3 Å². The van der Waals surface area contributed by atoms with Gasteiger partial charge in [0.15, 0.2) is 0 Å². The Morgan fingerprint density at radius 3 is 2.83 bits per heavy atom. The molecule has 1 atom stereocenters. The monoisotopic (exact) mass is 401 g/mol. The summed E-state index contributed by atoms with van der Waals surface area (Å²) in [5.41, 5.74) is 4.09. The number of pyridine rings is 1. The highest BCUT2D eigenvalue weighted by molar-refractivity contribution is 5.92. The first kappa shape index (κ1) is 19.5. The van der Waals surface area contributed by atoms with Gasteiger partial charge in [-0.25, -0.2) is 9.97 Å². The molecule has 1 aromatic carbocycles. The molecule has 4 aromatic rings. The average molecular weight is 401 g/mol. The number of fused-ring (bicyclic) bond motifs is 1. The Kier molecular flexibility index (Phi) is 5.65. The number of aryl methyl sites for hydroxylation is 1. The molecule has 0 aliphatic carbocycles. The Morgan fingerprint density at radius 1 is 1.20 bits per heavy atom. The van der Waals surface area contributed by atoms with Crippen LogP contribution < -0.4 is 10.6 Å². The Hall–Kier alpha value is -3.81. The summed E-state index contributed by atoms with van der Waals surface area (Å²) in [7, 11) is 0. The van der Waals surface area contributed by atoms with Crippen molar-refractivity contribution in [2.45, 2.75) is 32.9 Å². The van der Waals surface area contributed by atoms with Crippen LogP contribution in [-0.4, -0.2) is 30.6 Å². The number of amides is 1. The topological polar surface area (TPSA) is 97.6 Å². The molecule has 0 saturated carbocycles. The molecule has 0 bridgehead atoms. The Morgan fingerprint density at radius 2 is 2.03 bits per heavy atom. The maximum atomic E-state index is 12.3. The fourth-order valence-electron chi connectivity index (χ4n) is 3.16. The standard InChI is InChI=1S/C22H23N7O/c1-3-29-14-19-22(28-29)27-20(13-24-19)25-15(2)17-5-4-6-18(12-17)26-21(30)11-16-7-9-23-10-8-16/h4-10,12-15H,3,11H2,1-2H3,(H,26,30)(H,25,27,28)/t15-/m0/s1. The van der Waals surface area contributed by atoms with Gasteiger partial charge < -0.3 is 10.6 Å². The van der Waals surface area contributed by atoms with E-state index in [0.29, 0.717) is 17.9 Å². The van der Waals surface area contributed by atoms with Crippen molar-refractivity contribution in [1.82, 2.24) is 24.7 Å². The van der Waals surface area contributed by atoms with Crippen LogP contribution >= 0.6 is 0 Å². The molecule has 1 amide bonds. The zero-order valence-corrected chi connectivity index (χ0v) is 16.9. The molecule has 8 heteroatoms. The second-order valence-corrected chi connectivity index (χ2v) is 7.02. The molecule has 0 radical (unpaired) electrons. The lowest BCUT2D eigenvalue weighted by atomic mass is 10.1. The van der Waals surface area contributed by atoms with Crippen LogP contribution in [0.15, 0.2) is 61.2 Å². The smallest absolute Gasteiger partial charge is 0.228 e. The van der Waals surface area contributed by atoms with Crippen molar-refractivity contribution in [1.29, 1.82) is 0 Å². The molecule has 2 N–H and O–H groups in total. The molecule has 0 unspecified atom stereocenters. The van der Waals surface area contributed by atoms with E-state index in [1.165, 1.54) is 0 Å². The van der Waals surface area contributed by atoms with Crippen LogP contribution in [-0.2, 0) is 17.8 Å². The van der Waals surface area contributed by atoms with Crippen LogP contribution in [0.3, 0.4) is 0 Å². The van der Waals surface area contributed by atoms with Gasteiger partial charge in [-0.1, -0.05) is 12.1 Å². The van der Waals surface area contributed by atoms with Gasteiger partial charge in [0.1, 0.15) is 11.3 Å². The van der Waals surface area contributed by atoms with Crippen molar-refractivity contribution >= 4 is 28.6 Å². The third kappa shape index (κ3) is 4.60. The number of benzene rings is 1. The second kappa shape index (κ2) is 8.69. The highest BCUT2D eigenvalue weighted by Crippen LogP contribution is 2.22. The van der Waals surface area contributed by atoms with E-state index in [9.17, 15) is 4.79 Å². The van der Waals surface area contributed by atoms with Crippen LogP contribution in [0.2, 0.25) is 0 Å². The summed E-state index contributed by atoms with van der Waals surface area (Å²) in [5.74, 6) is 0.588. The number of carbonyl (C=O) groups excluding carboxylic acids is 1. The van der Waals surface area contributed by atoms with Crippen molar-refractivity contribution in [2.75, 3.05) is 10.6 Å². The number of nitrogens with zero attached hydrogens (tertiary/aromatic N) is 5. The highest BCUT2D eigenvalue weighted by Gasteiger charge is 2.11. The summed E-state index contributed by atoms with van der Waals surface area (Å²) in [6, 6.07) is 11.4. The summed E-state index contributed by atoms with van der Waals surface area (Å²) in [5, 5.41) is 10.7. The molecule has 8 nitrogen and oxygen atoms in total. The highest BCUT2D eigenvalue weighted by atomic mass is 16.1. The first-order valence-corrected chi connectivity index (χ1v) is 9.86. The zero-order chi connectivity index (χ0) is 20.9. The quantitative estimate of drug-likeness (QED) is 0.491. The minimum atomic E-state index is -0.0678. The zero-order valence-electron chi connectivity index (χ0n) is 16.9. The van der Waals surface area contributed by atoms with Crippen LogP contribution in [0.1, 0.15) is 31.0 Å². The third-order valence-electron chi connectivity index (χ3n) is 4.75. The summed E-state index contributed by atoms with van der Waals surface area (Å²) in [6.45, 7) is 4.83. The van der Waals surface area contributed by atoms with Crippen LogP contribution in [0.4, 0.5) is 11.5 Å². The Balaban J connectivity index is 1.43. The van der Waals surface area contributed by atoms with Gasteiger partial charge in [0, 0.05) is 24.6 Å². The van der Waals surface area contributed by atoms with Gasteiger partial charge in [-0.2, -0.15) is 5.10 Å². The molecular weight excluding hydrogens is 378 g/mol. The third-order valence-corrected chi connectivity index (χ3v) is 4.75. The van der Waals surface area contributed by atoms with E-state index >= 15 is 0 Å². The molecule has 0 spiro atoms. The average Bonchev–Trinajstić information content (AvgIpc) is 3.17. The largest absolute Gasteiger partial charge is 0.362 e. The molecular formula is C22H23N7O. The lowest BCUT2D eigenvalue weighted by Crippen LogP contribution is -2.15. The number of carbonyl (C=O) groups is 1. The second-order valence-electron chi connectivity index (χ2n) is 7.02. The van der Waals surface area contributed by atoms with E-state index in [4.69, 9.17) is 0 Å². The molecule has 30 heavy (non-hydrogen) atoms. The number of hydrogen-bond acceptors (Lipinski definition) is 6. The fourth-order valence-corrected chi connectivity index (χ4v) is 3.16. The Bertz CT molecular complexity index is 1160. The van der Waals surface area contributed by atoms with E-state index in [0.717, 1.165) is 28.9 Å². The van der Waals surface area contributed by atoms with Gasteiger partial charge in [-0.3, -0.25) is 14.5 Å². The van der Waals surface area contributed by atoms with Gasteiger partial charge in [0.05, 0.1) is 24.9 Å². The van der Waals surface area contributed by atoms with Crippen molar-refractivity contribution in [3.63, 3.8) is 0 Å². The summed E-state index contributed by atoms with van der Waals surface area (Å²) < 4.78 is 1.82. The molecule has 0 aliphatic heterocycles. The van der Waals surface area contributed by atoms with E-state index in [-0.39, 0.29) is 11.9 Å². The van der Waals surface area contributed by atoms with E-state index in [1.54, 1.807) is 18.6 Å².